The average molecular weight is 679 g/mol. The lowest BCUT2D eigenvalue weighted by Crippen LogP contribution is -2.30. The topological polar surface area (TPSA) is 130 Å². The van der Waals surface area contributed by atoms with Gasteiger partial charge in [0.1, 0.15) is 39.0 Å². The molecule has 0 aliphatic heterocycles. The van der Waals surface area contributed by atoms with Gasteiger partial charge in [0.25, 0.3) is 0 Å². The molecule has 0 bridgehead atoms. The first-order chi connectivity index (χ1) is 21.7. The molecule has 1 N–H and O–H groups in total. The lowest BCUT2D eigenvalue weighted by Gasteiger charge is -2.28. The number of rotatable bonds is 6. The van der Waals surface area contributed by atoms with Crippen molar-refractivity contribution in [2.24, 2.45) is 0 Å². The quantitative estimate of drug-likeness (QED) is 0.148. The number of esters is 2. The van der Waals surface area contributed by atoms with Crippen molar-refractivity contribution in [1.29, 1.82) is 0 Å². The van der Waals surface area contributed by atoms with Crippen molar-refractivity contribution in [3.63, 3.8) is 0 Å². The highest BCUT2D eigenvalue weighted by Gasteiger charge is 2.40. The van der Waals surface area contributed by atoms with E-state index in [0.717, 1.165) is 10.6 Å². The third kappa shape index (κ3) is 8.66. The Morgan fingerprint density at radius 2 is 1.00 bits per heavy atom. The molecule has 0 aromatic heterocycles. The second-order valence-electron chi connectivity index (χ2n) is 13.2. The molecule has 0 radical (unpaired) electrons. The highest BCUT2D eigenvalue weighted by Crippen LogP contribution is 2.51. The molecule has 0 heterocycles. The first-order valence-electron chi connectivity index (χ1n) is 14.9. The van der Waals surface area contributed by atoms with Crippen LogP contribution in [0, 0.1) is 0 Å². The summed E-state index contributed by atoms with van der Waals surface area (Å²) in [6.07, 6.45) is 0. The largest absolute Gasteiger partial charge is 0.744 e. The molecule has 250 valence electrons. The van der Waals surface area contributed by atoms with E-state index >= 15 is 0 Å². The number of aromatic hydroxyl groups is 1. The number of phenols is 1. The Morgan fingerprint density at radius 1 is 0.660 bits per heavy atom. The molecule has 4 rings (SSSR count). The van der Waals surface area contributed by atoms with Crippen molar-refractivity contribution in [2.45, 2.75) is 57.3 Å². The Bertz CT molecular complexity index is 1720. The first kappa shape index (κ1) is 37.4. The maximum atomic E-state index is 11.8. The van der Waals surface area contributed by atoms with Crippen LogP contribution < -0.4 is 15.9 Å². The van der Waals surface area contributed by atoms with E-state index < -0.39 is 28.2 Å². The van der Waals surface area contributed by atoms with Crippen LogP contribution in [0.4, 0.5) is 0 Å². The minimum atomic E-state index is -4.55. The summed E-state index contributed by atoms with van der Waals surface area (Å²) in [7, 11) is -3.74. The van der Waals surface area contributed by atoms with E-state index in [1.807, 2.05) is 84.0 Å². The first-order valence-corrected chi connectivity index (χ1v) is 18.5. The minimum Gasteiger partial charge on any atom is -0.744 e. The summed E-state index contributed by atoms with van der Waals surface area (Å²) < 4.78 is 43.4. The third-order valence-corrected chi connectivity index (χ3v) is 12.7. The minimum absolute atomic E-state index is 0.0624. The average Bonchev–Trinajstić information content (AvgIpc) is 3.03. The third-order valence-electron chi connectivity index (χ3n) is 7.87. The van der Waals surface area contributed by atoms with E-state index in [-0.39, 0.29) is 22.6 Å². The van der Waals surface area contributed by atoms with Crippen LogP contribution in [0.15, 0.2) is 95.9 Å². The molecule has 0 amide bonds. The normalized spacial score (nSPS) is 12.0. The smallest absolute Gasteiger partial charge is 0.337 e. The van der Waals surface area contributed by atoms with Gasteiger partial charge in [-0.1, -0.05) is 59.7 Å². The molecule has 0 fully saturated rings. The van der Waals surface area contributed by atoms with Crippen LogP contribution in [-0.4, -0.2) is 50.9 Å². The lowest BCUT2D eigenvalue weighted by atomic mass is 9.79. The van der Waals surface area contributed by atoms with E-state index in [4.69, 9.17) is 9.47 Å². The van der Waals surface area contributed by atoms with Gasteiger partial charge in [-0.2, -0.15) is 0 Å². The van der Waals surface area contributed by atoms with Gasteiger partial charge in [-0.05, 0) is 83.6 Å². The predicted molar refractivity (Wildman–Crippen MR) is 187 cm³/mol. The van der Waals surface area contributed by atoms with Crippen molar-refractivity contribution in [3.05, 3.63) is 113 Å². The number of hydrogen-bond donors (Lipinski definition) is 1. The number of carbonyl (C=O) groups is 2. The van der Waals surface area contributed by atoms with Gasteiger partial charge in [-0.15, -0.1) is 0 Å². The van der Waals surface area contributed by atoms with Crippen LogP contribution in [0.3, 0.4) is 0 Å². The van der Waals surface area contributed by atoms with Crippen molar-refractivity contribution in [2.75, 3.05) is 20.9 Å². The molecule has 47 heavy (non-hydrogen) atoms. The van der Waals surface area contributed by atoms with E-state index in [2.05, 4.69) is 18.8 Å². The van der Waals surface area contributed by atoms with E-state index in [0.29, 0.717) is 22.3 Å². The zero-order chi connectivity index (χ0) is 35.4. The van der Waals surface area contributed by atoms with E-state index in [9.17, 15) is 27.7 Å². The van der Waals surface area contributed by atoms with Crippen LogP contribution in [0.5, 0.6) is 5.75 Å². The lowest BCUT2D eigenvalue weighted by molar-refractivity contribution is 0.0592. The highest BCUT2D eigenvalue weighted by molar-refractivity contribution is 7.95. The summed E-state index contributed by atoms with van der Waals surface area (Å²) in [5, 5.41) is 13.8. The van der Waals surface area contributed by atoms with Crippen LogP contribution in [0.25, 0.3) is 0 Å². The van der Waals surface area contributed by atoms with Crippen LogP contribution in [0.2, 0.25) is 0 Å². The van der Waals surface area contributed by atoms with Crippen molar-refractivity contribution < 1.29 is 37.1 Å². The number of methoxy groups -OCH3 is 2. The predicted octanol–water partition coefficient (Wildman–Crippen LogP) is 6.07. The van der Waals surface area contributed by atoms with Gasteiger partial charge in [0.05, 0.1) is 36.9 Å². The zero-order valence-corrected chi connectivity index (χ0v) is 30.0. The summed E-state index contributed by atoms with van der Waals surface area (Å²) in [6.45, 7) is 13.4. The Balaban J connectivity index is 0.000000277. The van der Waals surface area contributed by atoms with Gasteiger partial charge in [0, 0.05) is 11.1 Å². The monoisotopic (exact) mass is 678 g/mol. The van der Waals surface area contributed by atoms with Gasteiger partial charge in [0.15, 0.2) is 0 Å². The second-order valence-corrected chi connectivity index (χ2v) is 18.2. The maximum Gasteiger partial charge on any atom is 0.337 e. The second kappa shape index (κ2) is 14.4. The summed E-state index contributed by atoms with van der Waals surface area (Å²) >= 11 is 0. The molecule has 0 atom stereocenters. The zero-order valence-electron chi connectivity index (χ0n) is 28.3. The van der Waals surface area contributed by atoms with Gasteiger partial charge >= 0.3 is 11.9 Å². The molecule has 0 spiro atoms. The van der Waals surface area contributed by atoms with Gasteiger partial charge in [-0.25, -0.2) is 18.0 Å². The van der Waals surface area contributed by atoms with Gasteiger partial charge in [0.2, 0.25) is 0 Å². The SMILES string of the molecule is CC(C)(C)c1cc(S(=O)(=O)[O-])cc(C(C)(C)C)c1O.COC(=O)c1ccc([P+](C)(c2ccccc2)c2ccc(C(=O)OC)cc2)cc1. The van der Waals surface area contributed by atoms with Crippen LogP contribution in [0.1, 0.15) is 73.4 Å². The summed E-state index contributed by atoms with van der Waals surface area (Å²) in [5.74, 6) is -0.644. The molecule has 0 aliphatic carbocycles. The van der Waals surface area contributed by atoms with Crippen molar-refractivity contribution >= 4 is 45.2 Å². The van der Waals surface area contributed by atoms with Crippen LogP contribution >= 0.6 is 7.26 Å². The molecule has 4 aromatic carbocycles. The Hall–Kier alpha value is -4.04. The summed E-state index contributed by atoms with van der Waals surface area (Å²) in [6, 6.07) is 28.0. The Morgan fingerprint density at radius 3 is 1.30 bits per heavy atom. The molecule has 0 saturated heterocycles. The molecular formula is C37H43O8PS. The molecule has 0 saturated carbocycles. The fourth-order valence-corrected chi connectivity index (χ4v) is 8.77. The summed E-state index contributed by atoms with van der Waals surface area (Å²) in [5.41, 5.74) is 1.07. The van der Waals surface area contributed by atoms with Crippen molar-refractivity contribution in [1.82, 2.24) is 0 Å². The number of ether oxygens (including phenoxy) is 2. The van der Waals surface area contributed by atoms with Gasteiger partial charge < -0.3 is 19.1 Å². The number of phenolic OH excluding ortho intramolecular Hbond substituents is 1. The van der Waals surface area contributed by atoms with Crippen molar-refractivity contribution in [3.8, 4) is 5.75 Å². The number of carbonyl (C=O) groups excluding carboxylic acids is 2. The highest BCUT2D eigenvalue weighted by atomic mass is 32.2. The molecule has 4 aromatic rings. The van der Waals surface area contributed by atoms with E-state index in [1.54, 1.807) is 24.3 Å². The number of benzene rings is 4. The Kier molecular flexibility index (Phi) is 11.5. The molecule has 0 unspecified atom stereocenters. The van der Waals surface area contributed by atoms with Crippen LogP contribution in [-0.2, 0) is 30.4 Å². The fourth-order valence-electron chi connectivity index (χ4n) is 5.10. The van der Waals surface area contributed by atoms with E-state index in [1.165, 1.54) is 31.7 Å². The Labute approximate surface area is 278 Å². The van der Waals surface area contributed by atoms with Gasteiger partial charge in [-0.3, -0.25) is 0 Å². The number of hydrogen-bond acceptors (Lipinski definition) is 8. The molecular weight excluding hydrogens is 635 g/mol. The maximum absolute atomic E-state index is 11.8. The fraction of sp³-hybridized carbons (Fsp3) is 0.297. The molecule has 0 aliphatic rings. The standard InChI is InChI=1S/C23H22O4P.C14H22O4S/c1-26-22(24)17-9-13-20(14-10-17)28(3,19-7-5-4-6-8-19)21-15-11-18(12-16-21)23(25)27-2;1-13(2,3)10-7-9(19(16,17)18)8-11(12(10)15)14(4,5)6/h4-16H,1-3H3;7-8,15H,1-6H3,(H,16,17,18)/q+1;/p-1. The molecule has 8 nitrogen and oxygen atoms in total. The summed E-state index contributed by atoms with van der Waals surface area (Å²) in [4.78, 5) is 23.3. The molecule has 10 heteroatoms.